The lowest BCUT2D eigenvalue weighted by Crippen LogP contribution is -2.35. The summed E-state index contributed by atoms with van der Waals surface area (Å²) in [5.74, 6) is -0.698. The van der Waals surface area contributed by atoms with E-state index in [2.05, 4.69) is 15.4 Å². The maximum Gasteiger partial charge on any atom is 0.274 e. The molecule has 0 radical (unpaired) electrons. The molecule has 1 aliphatic heterocycles. The molecular weight excluding hydrogens is 512 g/mol. The molecule has 1 aromatic heterocycles. The summed E-state index contributed by atoms with van der Waals surface area (Å²) < 4.78 is 11.2. The van der Waals surface area contributed by atoms with Crippen LogP contribution < -0.4 is 11.1 Å². The molecule has 0 saturated carbocycles. The van der Waals surface area contributed by atoms with Crippen molar-refractivity contribution in [2.75, 3.05) is 32.8 Å². The van der Waals surface area contributed by atoms with E-state index >= 15 is 0 Å². The predicted molar refractivity (Wildman–Crippen MR) is 151 cm³/mol. The van der Waals surface area contributed by atoms with Crippen molar-refractivity contribution in [3.05, 3.63) is 53.2 Å². The van der Waals surface area contributed by atoms with Gasteiger partial charge in [0.1, 0.15) is 11.5 Å². The van der Waals surface area contributed by atoms with Gasteiger partial charge in [-0.15, -0.1) is 0 Å². The zero-order chi connectivity index (χ0) is 28.6. The second-order valence-electron chi connectivity index (χ2n) is 10.4. The van der Waals surface area contributed by atoms with Crippen LogP contribution in [0.3, 0.4) is 0 Å². The molecule has 3 aromatic rings. The van der Waals surface area contributed by atoms with Gasteiger partial charge in [-0.05, 0) is 41.5 Å². The van der Waals surface area contributed by atoms with Crippen LogP contribution in [0.5, 0.6) is 11.5 Å². The number of hydrogen-bond acceptors (Lipinski definition) is 8. The van der Waals surface area contributed by atoms with Crippen molar-refractivity contribution in [3.63, 3.8) is 0 Å². The number of phenolic OH excluding ortho intramolecular Hbond substituents is 2. The third-order valence-corrected chi connectivity index (χ3v) is 7.06. The van der Waals surface area contributed by atoms with Gasteiger partial charge >= 0.3 is 0 Å². The van der Waals surface area contributed by atoms with Crippen molar-refractivity contribution in [2.24, 2.45) is 5.73 Å². The Labute approximate surface area is 234 Å². The number of ether oxygens (including phenoxy) is 1. The molecule has 1 fully saturated rings. The summed E-state index contributed by atoms with van der Waals surface area (Å²) in [6.45, 7) is 8.27. The SMILES string of the molecule is CC(C)c1cc(-c2onc(C(=O)NCCCCCC(N)=O)c2-c2ccc(CN3CCOCC3)cc2)c(O)cc1O. The number of benzene rings is 2. The summed E-state index contributed by atoms with van der Waals surface area (Å²) in [6.07, 6.45) is 2.43. The maximum absolute atomic E-state index is 13.2. The lowest BCUT2D eigenvalue weighted by atomic mass is 9.94. The summed E-state index contributed by atoms with van der Waals surface area (Å²) in [4.78, 5) is 26.5. The fourth-order valence-electron chi connectivity index (χ4n) is 4.82. The highest BCUT2D eigenvalue weighted by molar-refractivity contribution is 6.02. The Kier molecular flexibility index (Phi) is 9.79. The number of carbonyl (C=O) groups is 2. The molecule has 5 N–H and O–H groups in total. The summed E-state index contributed by atoms with van der Waals surface area (Å²) in [7, 11) is 0. The van der Waals surface area contributed by atoms with Gasteiger partial charge in [0.05, 0.1) is 24.3 Å². The Hall–Kier alpha value is -3.89. The van der Waals surface area contributed by atoms with Gasteiger partial charge in [-0.3, -0.25) is 14.5 Å². The van der Waals surface area contributed by atoms with Gasteiger partial charge < -0.3 is 30.5 Å². The van der Waals surface area contributed by atoms with Crippen molar-refractivity contribution in [1.82, 2.24) is 15.4 Å². The molecule has 2 heterocycles. The molecule has 4 rings (SSSR count). The van der Waals surface area contributed by atoms with E-state index in [0.717, 1.165) is 44.8 Å². The number of rotatable bonds is 12. The molecule has 1 saturated heterocycles. The smallest absolute Gasteiger partial charge is 0.274 e. The number of nitrogens with one attached hydrogen (secondary N) is 1. The summed E-state index contributed by atoms with van der Waals surface area (Å²) in [6, 6.07) is 10.8. The maximum atomic E-state index is 13.2. The van der Waals surface area contributed by atoms with Crippen LogP contribution >= 0.6 is 0 Å². The minimum atomic E-state index is -0.403. The topological polar surface area (TPSA) is 151 Å². The van der Waals surface area contributed by atoms with Gasteiger partial charge in [-0.2, -0.15) is 0 Å². The molecule has 214 valence electrons. The van der Waals surface area contributed by atoms with Crippen LogP contribution in [0.25, 0.3) is 22.5 Å². The highest BCUT2D eigenvalue weighted by Crippen LogP contribution is 2.43. The third kappa shape index (κ3) is 7.19. The highest BCUT2D eigenvalue weighted by atomic mass is 16.5. The van der Waals surface area contributed by atoms with E-state index in [1.165, 1.54) is 6.07 Å². The van der Waals surface area contributed by atoms with Gasteiger partial charge in [-0.25, -0.2) is 0 Å². The molecule has 0 bridgehead atoms. The van der Waals surface area contributed by atoms with Crippen LogP contribution in [0, 0.1) is 0 Å². The van der Waals surface area contributed by atoms with E-state index in [4.69, 9.17) is 15.0 Å². The molecule has 2 aromatic carbocycles. The molecule has 0 spiro atoms. The fourth-order valence-corrected chi connectivity index (χ4v) is 4.82. The van der Waals surface area contributed by atoms with E-state index in [0.29, 0.717) is 48.1 Å². The summed E-state index contributed by atoms with van der Waals surface area (Å²) >= 11 is 0. The van der Waals surface area contributed by atoms with Crippen molar-refractivity contribution in [1.29, 1.82) is 0 Å². The predicted octanol–water partition coefficient (Wildman–Crippen LogP) is 4.15. The average Bonchev–Trinajstić information content (AvgIpc) is 3.36. The molecule has 10 heteroatoms. The second kappa shape index (κ2) is 13.5. The number of carbonyl (C=O) groups excluding carboxylic acids is 2. The fraction of sp³-hybridized carbons (Fsp3) is 0.433. The van der Waals surface area contributed by atoms with E-state index in [-0.39, 0.29) is 34.8 Å². The van der Waals surface area contributed by atoms with Crippen LogP contribution in [0.4, 0.5) is 0 Å². The Morgan fingerprint density at radius 2 is 1.77 bits per heavy atom. The number of amides is 2. The number of aromatic hydroxyl groups is 2. The largest absolute Gasteiger partial charge is 0.508 e. The van der Waals surface area contributed by atoms with Gasteiger partial charge in [0.25, 0.3) is 5.91 Å². The number of phenols is 2. The monoisotopic (exact) mass is 550 g/mol. The van der Waals surface area contributed by atoms with E-state index in [1.54, 1.807) is 6.07 Å². The van der Waals surface area contributed by atoms with Crippen molar-refractivity contribution in [3.8, 4) is 33.9 Å². The Bertz CT molecular complexity index is 1310. The number of unbranched alkanes of at least 4 members (excludes halogenated alkanes) is 2. The zero-order valence-electron chi connectivity index (χ0n) is 23.1. The molecule has 1 aliphatic rings. The van der Waals surface area contributed by atoms with Gasteiger partial charge in [-0.1, -0.05) is 49.7 Å². The Morgan fingerprint density at radius 1 is 1.05 bits per heavy atom. The van der Waals surface area contributed by atoms with Crippen LogP contribution in [0.1, 0.15) is 67.1 Å². The zero-order valence-corrected chi connectivity index (χ0v) is 23.1. The highest BCUT2D eigenvalue weighted by Gasteiger charge is 2.27. The number of nitrogens with zero attached hydrogens (tertiary/aromatic N) is 2. The minimum Gasteiger partial charge on any atom is -0.508 e. The first kappa shape index (κ1) is 29.1. The third-order valence-electron chi connectivity index (χ3n) is 7.06. The van der Waals surface area contributed by atoms with Gasteiger partial charge in [0, 0.05) is 38.7 Å². The van der Waals surface area contributed by atoms with E-state index in [9.17, 15) is 19.8 Å². The minimum absolute atomic E-state index is 0.0116. The van der Waals surface area contributed by atoms with Crippen LogP contribution in [0.2, 0.25) is 0 Å². The average molecular weight is 551 g/mol. The van der Waals surface area contributed by atoms with Crippen molar-refractivity contribution in [2.45, 2.75) is 52.0 Å². The molecule has 0 unspecified atom stereocenters. The van der Waals surface area contributed by atoms with Crippen LogP contribution in [0.15, 0.2) is 40.9 Å². The first-order valence-corrected chi connectivity index (χ1v) is 13.8. The standard InChI is InChI=1S/C30H38N4O6/c1-19(2)22-16-23(25(36)17-24(22)35)29-27(21-9-7-20(8-10-21)18-34-12-14-39-15-13-34)28(33-40-29)30(38)32-11-5-3-4-6-26(31)37/h7-10,16-17,19,35-36H,3-6,11-15,18H2,1-2H3,(H2,31,37)(H,32,38). The van der Waals surface area contributed by atoms with E-state index < -0.39 is 5.91 Å². The second-order valence-corrected chi connectivity index (χ2v) is 10.4. The first-order chi connectivity index (χ1) is 19.2. The van der Waals surface area contributed by atoms with Gasteiger partial charge in [0.15, 0.2) is 11.5 Å². The first-order valence-electron chi connectivity index (χ1n) is 13.8. The molecule has 40 heavy (non-hydrogen) atoms. The molecular formula is C30H38N4O6. The Morgan fingerprint density at radius 3 is 2.45 bits per heavy atom. The normalized spacial score (nSPS) is 14.0. The van der Waals surface area contributed by atoms with E-state index in [1.807, 2.05) is 38.1 Å². The number of morpholine rings is 1. The molecule has 2 amide bonds. The van der Waals surface area contributed by atoms with Crippen molar-refractivity contribution >= 4 is 11.8 Å². The lowest BCUT2D eigenvalue weighted by Gasteiger charge is -2.26. The summed E-state index contributed by atoms with van der Waals surface area (Å²) in [5, 5.41) is 28.1. The van der Waals surface area contributed by atoms with Crippen molar-refractivity contribution < 1.29 is 29.1 Å². The van der Waals surface area contributed by atoms with Gasteiger partial charge in [0.2, 0.25) is 5.91 Å². The lowest BCUT2D eigenvalue weighted by molar-refractivity contribution is -0.118. The number of nitrogens with two attached hydrogens (primary N) is 1. The Balaban J connectivity index is 1.63. The van der Waals surface area contributed by atoms with Crippen LogP contribution in [-0.2, 0) is 16.1 Å². The number of primary amides is 1. The summed E-state index contributed by atoms with van der Waals surface area (Å²) in [5.41, 5.74) is 8.57. The van der Waals surface area contributed by atoms with Crippen LogP contribution in [-0.4, -0.2) is 64.9 Å². The number of aromatic nitrogens is 1. The number of hydrogen-bond donors (Lipinski definition) is 4. The molecule has 10 nitrogen and oxygen atoms in total. The molecule has 0 aliphatic carbocycles. The molecule has 0 atom stereocenters. The quantitative estimate of drug-likeness (QED) is 0.246.